The average molecular weight is 413 g/mol. The van der Waals surface area contributed by atoms with Crippen molar-refractivity contribution in [1.29, 1.82) is 0 Å². The second-order valence-electron chi connectivity index (χ2n) is 7.64. The number of carbonyl (C=O) groups is 3. The van der Waals surface area contributed by atoms with Gasteiger partial charge in [0.1, 0.15) is 11.7 Å². The molecule has 0 spiro atoms. The number of carbonyl (C=O) groups excluding carboxylic acids is 3. The van der Waals surface area contributed by atoms with Crippen LogP contribution in [0.2, 0.25) is 0 Å². The van der Waals surface area contributed by atoms with E-state index in [0.717, 1.165) is 10.8 Å². The molecule has 4 rings (SSSR count). The molecule has 3 unspecified atom stereocenters. The molecule has 2 amide bonds. The van der Waals surface area contributed by atoms with E-state index in [-0.39, 0.29) is 0 Å². The molecule has 0 aromatic heterocycles. The number of carboxylic acids is 1. The summed E-state index contributed by atoms with van der Waals surface area (Å²) >= 11 is 1.32. The Morgan fingerprint density at radius 1 is 1.24 bits per heavy atom. The molecule has 2 saturated heterocycles. The number of carboxylic acid groups (broad SMARTS) is 1. The Bertz CT molecular complexity index is 1020. The van der Waals surface area contributed by atoms with Gasteiger partial charge in [0.15, 0.2) is 0 Å². The number of thioether (sulfide) groups is 1. The zero-order valence-electron chi connectivity index (χ0n) is 16.3. The quantitative estimate of drug-likeness (QED) is 0.591. The average Bonchev–Trinajstić information content (AvgIpc) is 2.91. The summed E-state index contributed by atoms with van der Waals surface area (Å²) in [4.78, 5) is 38.5. The minimum Gasteiger partial charge on any atom is -0.548 e. The zero-order valence-corrected chi connectivity index (χ0v) is 17.1. The summed E-state index contributed by atoms with van der Waals surface area (Å²) in [5.41, 5.74) is 0.514. The third-order valence-corrected chi connectivity index (χ3v) is 6.96. The second-order valence-corrected chi connectivity index (χ2v) is 9.41. The second kappa shape index (κ2) is 6.95. The van der Waals surface area contributed by atoms with E-state index in [2.05, 4.69) is 5.32 Å². The van der Waals surface area contributed by atoms with Gasteiger partial charge < -0.3 is 24.9 Å². The summed E-state index contributed by atoms with van der Waals surface area (Å²) in [7, 11) is 0. The Balaban J connectivity index is 1.64. The standard InChI is InChI=1S/C21H22N2O5S/c1-4-28-13-10-9-11-7-5-6-8-12(11)15(13)22-17(24)14-18(25)23-16(20(26)27)21(2,3)29-19(14)23/h5-10,14,16,19H,4H2,1-3H3,(H,22,24)(H,26,27)/p-1. The van der Waals surface area contributed by atoms with Crippen LogP contribution >= 0.6 is 11.8 Å². The highest BCUT2D eigenvalue weighted by Gasteiger charge is 2.64. The third kappa shape index (κ3) is 3.02. The molecule has 3 atom stereocenters. The Kier molecular flexibility index (Phi) is 4.69. The Morgan fingerprint density at radius 3 is 2.66 bits per heavy atom. The van der Waals surface area contributed by atoms with Crippen LogP contribution in [0.5, 0.6) is 5.75 Å². The van der Waals surface area contributed by atoms with Gasteiger partial charge in [0.05, 0.1) is 29.7 Å². The van der Waals surface area contributed by atoms with Gasteiger partial charge in [-0.2, -0.15) is 0 Å². The van der Waals surface area contributed by atoms with Gasteiger partial charge in [0, 0.05) is 10.1 Å². The van der Waals surface area contributed by atoms with Gasteiger partial charge in [0.25, 0.3) is 0 Å². The highest BCUT2D eigenvalue weighted by Crippen LogP contribution is 2.53. The maximum absolute atomic E-state index is 13.0. The predicted molar refractivity (Wildman–Crippen MR) is 108 cm³/mol. The fourth-order valence-corrected chi connectivity index (χ4v) is 5.77. The lowest BCUT2D eigenvalue weighted by atomic mass is 9.91. The molecule has 2 aromatic rings. The summed E-state index contributed by atoms with van der Waals surface area (Å²) in [6.07, 6.45) is 0. The van der Waals surface area contributed by atoms with Gasteiger partial charge in [0.2, 0.25) is 11.8 Å². The van der Waals surface area contributed by atoms with Gasteiger partial charge in [-0.25, -0.2) is 0 Å². The first-order chi connectivity index (χ1) is 13.8. The van der Waals surface area contributed by atoms with E-state index in [4.69, 9.17) is 4.74 Å². The number of amides is 2. The summed E-state index contributed by atoms with van der Waals surface area (Å²) in [6, 6.07) is 10.2. The van der Waals surface area contributed by atoms with Crippen molar-refractivity contribution in [3.63, 3.8) is 0 Å². The molecule has 2 aromatic carbocycles. The molecule has 29 heavy (non-hydrogen) atoms. The van der Waals surface area contributed by atoms with E-state index in [9.17, 15) is 19.5 Å². The minimum atomic E-state index is -1.30. The molecule has 2 fully saturated rings. The molecule has 0 aliphatic carbocycles. The van der Waals surface area contributed by atoms with E-state index < -0.39 is 39.9 Å². The fourth-order valence-electron chi connectivity index (χ4n) is 4.09. The van der Waals surface area contributed by atoms with Crippen LogP contribution in [0.4, 0.5) is 5.69 Å². The number of nitrogens with one attached hydrogen (secondary N) is 1. The number of β-lactam (4-membered cyclic amide) rings is 1. The van der Waals surface area contributed by atoms with Crippen molar-refractivity contribution in [2.24, 2.45) is 5.92 Å². The van der Waals surface area contributed by atoms with Crippen molar-refractivity contribution in [3.8, 4) is 5.75 Å². The molecular formula is C21H21N2O5S-. The molecule has 2 heterocycles. The smallest absolute Gasteiger partial charge is 0.240 e. The van der Waals surface area contributed by atoms with Crippen molar-refractivity contribution in [2.75, 3.05) is 11.9 Å². The summed E-state index contributed by atoms with van der Waals surface area (Å²) in [6.45, 7) is 5.77. The van der Waals surface area contributed by atoms with Crippen LogP contribution in [-0.4, -0.2) is 45.5 Å². The zero-order chi connectivity index (χ0) is 20.9. The Labute approximate surface area is 172 Å². The summed E-state index contributed by atoms with van der Waals surface area (Å²) < 4.78 is 4.94. The van der Waals surface area contributed by atoms with Gasteiger partial charge in [-0.05, 0) is 32.2 Å². The van der Waals surface area contributed by atoms with Crippen LogP contribution in [0.3, 0.4) is 0 Å². The Morgan fingerprint density at radius 2 is 1.97 bits per heavy atom. The third-order valence-electron chi connectivity index (χ3n) is 5.39. The molecule has 7 nitrogen and oxygen atoms in total. The van der Waals surface area contributed by atoms with Crippen LogP contribution in [-0.2, 0) is 14.4 Å². The Hall–Kier alpha value is -2.74. The van der Waals surface area contributed by atoms with Crippen LogP contribution in [0.25, 0.3) is 10.8 Å². The van der Waals surface area contributed by atoms with Crippen LogP contribution in [0, 0.1) is 5.92 Å². The number of hydrogen-bond donors (Lipinski definition) is 1. The van der Waals surface area contributed by atoms with E-state index in [1.165, 1.54) is 16.7 Å². The highest BCUT2D eigenvalue weighted by atomic mass is 32.2. The van der Waals surface area contributed by atoms with Gasteiger partial charge in [-0.1, -0.05) is 30.3 Å². The van der Waals surface area contributed by atoms with Gasteiger partial charge in [-0.15, -0.1) is 11.8 Å². The lowest BCUT2D eigenvalue weighted by Crippen LogP contribution is -2.67. The number of ether oxygens (including phenoxy) is 1. The monoisotopic (exact) mass is 413 g/mol. The molecule has 2 aliphatic heterocycles. The molecule has 152 valence electrons. The molecule has 0 saturated carbocycles. The predicted octanol–water partition coefficient (Wildman–Crippen LogP) is 1.61. The van der Waals surface area contributed by atoms with Gasteiger partial charge >= 0.3 is 0 Å². The van der Waals surface area contributed by atoms with E-state index in [1.807, 2.05) is 37.3 Å². The molecule has 0 radical (unpaired) electrons. The normalized spacial score (nSPS) is 24.7. The maximum atomic E-state index is 13.0. The minimum absolute atomic E-state index is 0.428. The molecule has 0 bridgehead atoms. The maximum Gasteiger partial charge on any atom is 0.240 e. The lowest BCUT2D eigenvalue weighted by molar-refractivity contribution is -0.312. The fraction of sp³-hybridized carbons (Fsp3) is 0.381. The number of hydrogen-bond acceptors (Lipinski definition) is 6. The van der Waals surface area contributed by atoms with Crippen molar-refractivity contribution in [3.05, 3.63) is 36.4 Å². The highest BCUT2D eigenvalue weighted by molar-refractivity contribution is 8.01. The van der Waals surface area contributed by atoms with Gasteiger partial charge in [-0.3, -0.25) is 9.59 Å². The van der Waals surface area contributed by atoms with E-state index in [0.29, 0.717) is 18.0 Å². The first-order valence-electron chi connectivity index (χ1n) is 9.42. The van der Waals surface area contributed by atoms with Crippen molar-refractivity contribution < 1.29 is 24.2 Å². The van der Waals surface area contributed by atoms with E-state index >= 15 is 0 Å². The number of rotatable bonds is 5. The molecule has 1 N–H and O–H groups in total. The molecule has 2 aliphatic rings. The SMILES string of the molecule is CCOc1ccc2ccccc2c1NC(=O)C1C(=O)N2C1SC(C)(C)C2C(=O)[O-]. The van der Waals surface area contributed by atoms with Crippen molar-refractivity contribution in [1.82, 2.24) is 4.90 Å². The molecule has 8 heteroatoms. The number of benzene rings is 2. The number of anilines is 1. The van der Waals surface area contributed by atoms with E-state index in [1.54, 1.807) is 19.9 Å². The van der Waals surface area contributed by atoms with Crippen LogP contribution in [0.15, 0.2) is 36.4 Å². The topological polar surface area (TPSA) is 98.8 Å². The van der Waals surface area contributed by atoms with Crippen molar-refractivity contribution in [2.45, 2.75) is 36.9 Å². The van der Waals surface area contributed by atoms with Crippen LogP contribution < -0.4 is 15.2 Å². The summed E-state index contributed by atoms with van der Waals surface area (Å²) in [5, 5.41) is 15.6. The van der Waals surface area contributed by atoms with Crippen LogP contribution in [0.1, 0.15) is 20.8 Å². The number of fused-ring (bicyclic) bond motifs is 2. The van der Waals surface area contributed by atoms with Crippen molar-refractivity contribution >= 4 is 46.0 Å². The first-order valence-corrected chi connectivity index (χ1v) is 10.3. The summed E-state index contributed by atoms with van der Waals surface area (Å²) in [5.74, 6) is -2.68. The number of aliphatic carboxylic acids is 1. The first kappa shape index (κ1) is 19.6. The largest absolute Gasteiger partial charge is 0.548 e. The number of nitrogens with zero attached hydrogens (tertiary/aromatic N) is 1. The lowest BCUT2D eigenvalue weighted by Gasteiger charge is -2.44. The molecular weight excluding hydrogens is 392 g/mol.